The number of nitrogens with one attached hydrogen (secondary N) is 2. The van der Waals surface area contributed by atoms with Crippen molar-refractivity contribution in [1.29, 1.82) is 0 Å². The van der Waals surface area contributed by atoms with Gasteiger partial charge in [-0.3, -0.25) is 4.90 Å². The Morgan fingerprint density at radius 2 is 1.47 bits per heavy atom. The van der Waals surface area contributed by atoms with Crippen molar-refractivity contribution in [2.24, 2.45) is 0 Å². The van der Waals surface area contributed by atoms with E-state index in [1.165, 1.54) is 26.2 Å². The molecule has 0 saturated carbocycles. The Labute approximate surface area is 119 Å². The molecule has 0 radical (unpaired) electrons. The first-order chi connectivity index (χ1) is 8.71. The Hall–Kier alpha value is -0.160. The average Bonchev–Trinajstić information content (AvgIpc) is 2.27. The summed E-state index contributed by atoms with van der Waals surface area (Å²) in [5.41, 5.74) is 0.470. The molecular weight excluding hydrogens is 236 g/mol. The summed E-state index contributed by atoms with van der Waals surface area (Å²) in [6, 6.07) is 0. The van der Waals surface area contributed by atoms with Gasteiger partial charge in [0.15, 0.2) is 0 Å². The normalized spacial score (nSPS) is 19.9. The quantitative estimate of drug-likeness (QED) is 0.705. The average molecular weight is 270 g/mol. The zero-order valence-electron chi connectivity index (χ0n) is 13.8. The molecule has 1 saturated heterocycles. The van der Waals surface area contributed by atoms with Crippen LogP contribution in [0.5, 0.6) is 0 Å². The minimum Gasteiger partial charge on any atom is -0.314 e. The summed E-state index contributed by atoms with van der Waals surface area (Å²) in [6.07, 6.45) is 0. The number of rotatable bonds is 6. The van der Waals surface area contributed by atoms with Gasteiger partial charge in [0.05, 0.1) is 0 Å². The van der Waals surface area contributed by atoms with Crippen molar-refractivity contribution in [3.8, 4) is 0 Å². The summed E-state index contributed by atoms with van der Waals surface area (Å²) >= 11 is 0. The molecule has 1 rings (SSSR count). The highest BCUT2D eigenvalue weighted by Gasteiger charge is 2.28. The molecule has 1 aliphatic rings. The standard InChI is InChI=1S/C15H34N4/c1-14(2,3)17-8-7-16-13-15(4,5)19-11-9-18(6)10-12-19/h16-17H,7-13H2,1-6H3. The SMILES string of the molecule is CN1CCN(C(C)(C)CNCCNC(C)(C)C)CC1. The van der Waals surface area contributed by atoms with E-state index in [0.717, 1.165) is 19.6 Å². The highest BCUT2D eigenvalue weighted by molar-refractivity contribution is 4.87. The third-order valence-electron chi connectivity index (χ3n) is 3.87. The predicted octanol–water partition coefficient (Wildman–Crippen LogP) is 0.990. The molecule has 0 spiro atoms. The van der Waals surface area contributed by atoms with Crippen LogP contribution in [0.4, 0.5) is 0 Å². The second kappa shape index (κ2) is 7.02. The van der Waals surface area contributed by atoms with Crippen LogP contribution in [-0.4, -0.2) is 73.7 Å². The minimum absolute atomic E-state index is 0.217. The maximum absolute atomic E-state index is 3.59. The van der Waals surface area contributed by atoms with Crippen LogP contribution in [-0.2, 0) is 0 Å². The van der Waals surface area contributed by atoms with Crippen LogP contribution in [0.2, 0.25) is 0 Å². The third-order valence-corrected chi connectivity index (χ3v) is 3.87. The van der Waals surface area contributed by atoms with E-state index in [1.54, 1.807) is 0 Å². The molecule has 0 aliphatic carbocycles. The zero-order chi connectivity index (χ0) is 14.5. The van der Waals surface area contributed by atoms with Crippen LogP contribution in [0.3, 0.4) is 0 Å². The Morgan fingerprint density at radius 3 is 2.00 bits per heavy atom. The molecule has 1 aliphatic heterocycles. The van der Waals surface area contributed by atoms with Crippen molar-refractivity contribution in [3.05, 3.63) is 0 Å². The minimum atomic E-state index is 0.217. The van der Waals surface area contributed by atoms with Crippen molar-refractivity contribution >= 4 is 0 Å². The number of likely N-dealkylation sites (N-methyl/N-ethyl adjacent to an activating group) is 1. The van der Waals surface area contributed by atoms with Crippen LogP contribution in [0.15, 0.2) is 0 Å². The van der Waals surface area contributed by atoms with Crippen molar-refractivity contribution in [2.45, 2.75) is 45.7 Å². The largest absolute Gasteiger partial charge is 0.314 e. The van der Waals surface area contributed by atoms with Gasteiger partial charge in [0.1, 0.15) is 0 Å². The highest BCUT2D eigenvalue weighted by Crippen LogP contribution is 2.15. The molecular formula is C15H34N4. The molecule has 0 atom stereocenters. The molecule has 0 amide bonds. The Balaban J connectivity index is 2.19. The van der Waals surface area contributed by atoms with Crippen LogP contribution < -0.4 is 10.6 Å². The predicted molar refractivity (Wildman–Crippen MR) is 83.8 cm³/mol. The molecule has 1 fully saturated rings. The fraction of sp³-hybridized carbons (Fsp3) is 1.00. The van der Waals surface area contributed by atoms with Gasteiger partial charge in [-0.2, -0.15) is 0 Å². The van der Waals surface area contributed by atoms with E-state index in [-0.39, 0.29) is 11.1 Å². The second-order valence-electron chi connectivity index (χ2n) is 7.46. The number of hydrogen-bond donors (Lipinski definition) is 2. The van der Waals surface area contributed by atoms with Crippen LogP contribution in [0, 0.1) is 0 Å². The lowest BCUT2D eigenvalue weighted by Gasteiger charge is -2.43. The van der Waals surface area contributed by atoms with E-state index in [9.17, 15) is 0 Å². The van der Waals surface area contributed by atoms with E-state index in [4.69, 9.17) is 0 Å². The van der Waals surface area contributed by atoms with Gasteiger partial charge in [-0.1, -0.05) is 0 Å². The number of piperazine rings is 1. The van der Waals surface area contributed by atoms with E-state index in [0.29, 0.717) is 0 Å². The van der Waals surface area contributed by atoms with E-state index >= 15 is 0 Å². The summed E-state index contributed by atoms with van der Waals surface area (Å²) in [6.45, 7) is 19.2. The summed E-state index contributed by atoms with van der Waals surface area (Å²) in [7, 11) is 2.21. The first-order valence-corrected chi connectivity index (χ1v) is 7.60. The smallest absolute Gasteiger partial charge is 0.0278 e. The summed E-state index contributed by atoms with van der Waals surface area (Å²) in [4.78, 5) is 5.02. The molecule has 0 aromatic carbocycles. The summed E-state index contributed by atoms with van der Waals surface area (Å²) < 4.78 is 0. The van der Waals surface area contributed by atoms with Gasteiger partial charge in [0, 0.05) is 56.9 Å². The summed E-state index contributed by atoms with van der Waals surface area (Å²) in [5.74, 6) is 0. The molecule has 0 aromatic heterocycles. The van der Waals surface area contributed by atoms with Gasteiger partial charge in [0.2, 0.25) is 0 Å². The molecule has 0 unspecified atom stereocenters. The van der Waals surface area contributed by atoms with Gasteiger partial charge in [-0.15, -0.1) is 0 Å². The first kappa shape index (κ1) is 16.9. The second-order valence-corrected chi connectivity index (χ2v) is 7.46. The Kier molecular flexibility index (Phi) is 6.24. The maximum atomic E-state index is 3.59. The Bertz CT molecular complexity index is 249. The molecule has 4 nitrogen and oxygen atoms in total. The monoisotopic (exact) mass is 270 g/mol. The van der Waals surface area contributed by atoms with E-state index in [1.807, 2.05) is 0 Å². The highest BCUT2D eigenvalue weighted by atomic mass is 15.3. The van der Waals surface area contributed by atoms with E-state index < -0.39 is 0 Å². The van der Waals surface area contributed by atoms with Gasteiger partial charge in [-0.25, -0.2) is 0 Å². The van der Waals surface area contributed by atoms with Crippen molar-refractivity contribution in [1.82, 2.24) is 20.4 Å². The van der Waals surface area contributed by atoms with Gasteiger partial charge < -0.3 is 15.5 Å². The third kappa shape index (κ3) is 6.70. The molecule has 1 heterocycles. The van der Waals surface area contributed by atoms with Gasteiger partial charge >= 0.3 is 0 Å². The fourth-order valence-corrected chi connectivity index (χ4v) is 2.44. The number of hydrogen-bond acceptors (Lipinski definition) is 4. The zero-order valence-corrected chi connectivity index (χ0v) is 13.8. The van der Waals surface area contributed by atoms with Crippen LogP contribution >= 0.6 is 0 Å². The lowest BCUT2D eigenvalue weighted by molar-refractivity contribution is 0.0621. The van der Waals surface area contributed by atoms with Gasteiger partial charge in [0.25, 0.3) is 0 Å². The maximum Gasteiger partial charge on any atom is 0.0278 e. The van der Waals surface area contributed by atoms with Crippen LogP contribution in [0.25, 0.3) is 0 Å². The fourth-order valence-electron chi connectivity index (χ4n) is 2.44. The van der Waals surface area contributed by atoms with E-state index in [2.05, 4.69) is 62.1 Å². The summed E-state index contributed by atoms with van der Waals surface area (Å²) in [5, 5.41) is 7.10. The first-order valence-electron chi connectivity index (χ1n) is 7.60. The lowest BCUT2D eigenvalue weighted by Crippen LogP contribution is -2.57. The molecule has 4 heteroatoms. The molecule has 0 aromatic rings. The van der Waals surface area contributed by atoms with Crippen molar-refractivity contribution < 1.29 is 0 Å². The number of nitrogens with zero attached hydrogens (tertiary/aromatic N) is 2. The van der Waals surface area contributed by atoms with Crippen molar-refractivity contribution in [3.63, 3.8) is 0 Å². The molecule has 0 bridgehead atoms. The van der Waals surface area contributed by atoms with Gasteiger partial charge in [-0.05, 0) is 41.7 Å². The lowest BCUT2D eigenvalue weighted by atomic mass is 10.0. The topological polar surface area (TPSA) is 30.5 Å². The molecule has 114 valence electrons. The molecule has 19 heavy (non-hydrogen) atoms. The Morgan fingerprint density at radius 1 is 0.895 bits per heavy atom. The van der Waals surface area contributed by atoms with Crippen molar-refractivity contribution in [2.75, 3.05) is 52.9 Å². The molecule has 2 N–H and O–H groups in total. The van der Waals surface area contributed by atoms with Crippen LogP contribution in [0.1, 0.15) is 34.6 Å².